The number of ether oxygens (including phenoxy) is 1. The lowest BCUT2D eigenvalue weighted by Crippen LogP contribution is -2.31. The number of hydrogen-bond acceptors (Lipinski definition) is 4. The molecule has 0 aliphatic carbocycles. The second-order valence-corrected chi connectivity index (χ2v) is 6.11. The van der Waals surface area contributed by atoms with Crippen LogP contribution in [0, 0.1) is 6.92 Å². The number of rotatable bonds is 6. The van der Waals surface area contributed by atoms with Gasteiger partial charge in [0.05, 0.1) is 18.6 Å². The summed E-state index contributed by atoms with van der Waals surface area (Å²) in [4.78, 5) is 24.4. The Morgan fingerprint density at radius 2 is 1.92 bits per heavy atom. The van der Waals surface area contributed by atoms with E-state index in [1.165, 1.54) is 0 Å². The predicted molar refractivity (Wildman–Crippen MR) is 90.9 cm³/mol. The Hall–Kier alpha value is -2.27. The third-order valence-electron chi connectivity index (χ3n) is 3.29. The van der Waals surface area contributed by atoms with E-state index in [4.69, 9.17) is 20.8 Å². The van der Waals surface area contributed by atoms with E-state index in [0.717, 1.165) is 0 Å². The minimum absolute atomic E-state index is 0.0205. The first kappa shape index (κ1) is 18.1. The maximum atomic E-state index is 12.4. The molecular weight excluding hydrogens is 330 g/mol. The first-order chi connectivity index (χ1) is 11.4. The molecule has 24 heavy (non-hydrogen) atoms. The van der Waals surface area contributed by atoms with Crippen LogP contribution >= 0.6 is 11.6 Å². The molecule has 1 aromatic carbocycles. The van der Waals surface area contributed by atoms with Crippen molar-refractivity contribution in [3.63, 3.8) is 0 Å². The third-order valence-corrected chi connectivity index (χ3v) is 3.63. The molecule has 5 nitrogen and oxygen atoms in total. The van der Waals surface area contributed by atoms with Crippen LogP contribution in [-0.4, -0.2) is 18.0 Å². The Labute approximate surface area is 145 Å². The lowest BCUT2D eigenvalue weighted by Gasteiger charge is -2.20. The first-order valence-electron chi connectivity index (χ1n) is 7.68. The zero-order chi connectivity index (χ0) is 17.7. The number of benzene rings is 1. The summed E-state index contributed by atoms with van der Waals surface area (Å²) in [6.45, 7) is 5.29. The minimum Gasteiger partial charge on any atom is -0.463 e. The summed E-state index contributed by atoms with van der Waals surface area (Å²) in [5.74, 6) is -0.00773. The molecule has 1 atom stereocenters. The van der Waals surface area contributed by atoms with Crippen LogP contribution in [0.15, 0.2) is 40.8 Å². The van der Waals surface area contributed by atoms with Gasteiger partial charge in [0.1, 0.15) is 5.76 Å². The zero-order valence-corrected chi connectivity index (χ0v) is 14.6. The van der Waals surface area contributed by atoms with Crippen molar-refractivity contribution in [3.8, 4) is 0 Å². The molecule has 1 heterocycles. The highest BCUT2D eigenvalue weighted by Gasteiger charge is 2.23. The van der Waals surface area contributed by atoms with E-state index < -0.39 is 17.9 Å². The van der Waals surface area contributed by atoms with Crippen molar-refractivity contribution < 1.29 is 18.7 Å². The van der Waals surface area contributed by atoms with Crippen molar-refractivity contribution in [2.45, 2.75) is 39.3 Å². The molecule has 0 radical (unpaired) electrons. The van der Waals surface area contributed by atoms with Crippen LogP contribution in [0.4, 0.5) is 0 Å². The van der Waals surface area contributed by atoms with E-state index >= 15 is 0 Å². The van der Waals surface area contributed by atoms with Gasteiger partial charge in [-0.3, -0.25) is 9.59 Å². The largest absolute Gasteiger partial charge is 0.463 e. The number of amides is 1. The summed E-state index contributed by atoms with van der Waals surface area (Å²) in [5, 5.41) is 3.26. The molecule has 0 aliphatic heterocycles. The van der Waals surface area contributed by atoms with Crippen LogP contribution < -0.4 is 5.32 Å². The lowest BCUT2D eigenvalue weighted by molar-refractivity contribution is -0.147. The lowest BCUT2D eigenvalue weighted by atomic mass is 10.0. The Morgan fingerprint density at radius 3 is 2.50 bits per heavy atom. The topological polar surface area (TPSA) is 68.5 Å². The van der Waals surface area contributed by atoms with E-state index in [0.29, 0.717) is 16.3 Å². The average molecular weight is 350 g/mol. The molecule has 1 amide bonds. The van der Waals surface area contributed by atoms with Gasteiger partial charge in [-0.2, -0.15) is 0 Å². The van der Waals surface area contributed by atoms with Gasteiger partial charge in [-0.1, -0.05) is 29.8 Å². The molecule has 0 saturated heterocycles. The van der Waals surface area contributed by atoms with Gasteiger partial charge < -0.3 is 14.5 Å². The second kappa shape index (κ2) is 8.02. The van der Waals surface area contributed by atoms with Crippen LogP contribution in [0.3, 0.4) is 0 Å². The molecule has 0 bridgehead atoms. The van der Waals surface area contributed by atoms with E-state index in [-0.39, 0.29) is 18.3 Å². The standard InChI is InChI=1S/C18H20ClNO4/c1-11(2)23-17(21)10-15(13-6-4-5-7-14(13)19)20-18(22)16-9-8-12(3)24-16/h4-9,11,15H,10H2,1-3H3,(H,20,22)/t15-/m0/s1. The molecule has 0 aliphatic rings. The van der Waals surface area contributed by atoms with E-state index in [9.17, 15) is 9.59 Å². The Kier molecular flexibility index (Phi) is 6.04. The molecule has 0 fully saturated rings. The van der Waals surface area contributed by atoms with Gasteiger partial charge in [-0.25, -0.2) is 0 Å². The number of carbonyl (C=O) groups is 2. The van der Waals surface area contributed by atoms with Gasteiger partial charge in [0.25, 0.3) is 5.91 Å². The molecule has 0 unspecified atom stereocenters. The van der Waals surface area contributed by atoms with Crippen LogP contribution in [0.2, 0.25) is 5.02 Å². The van der Waals surface area contributed by atoms with Crippen molar-refractivity contribution in [2.24, 2.45) is 0 Å². The summed E-state index contributed by atoms with van der Waals surface area (Å²) in [6.07, 6.45) is -0.249. The number of nitrogens with one attached hydrogen (secondary N) is 1. The molecule has 1 aromatic heterocycles. The fourth-order valence-corrected chi connectivity index (χ4v) is 2.53. The van der Waals surface area contributed by atoms with Crippen molar-refractivity contribution in [2.75, 3.05) is 0 Å². The number of furan rings is 1. The Balaban J connectivity index is 2.21. The smallest absolute Gasteiger partial charge is 0.308 e. The summed E-state index contributed by atoms with van der Waals surface area (Å²) in [7, 11) is 0. The average Bonchev–Trinajstić information content (AvgIpc) is 2.93. The van der Waals surface area contributed by atoms with Crippen LogP contribution in [0.1, 0.15) is 48.2 Å². The summed E-state index contributed by atoms with van der Waals surface area (Å²) >= 11 is 6.21. The second-order valence-electron chi connectivity index (χ2n) is 5.70. The van der Waals surface area contributed by atoms with Gasteiger partial charge >= 0.3 is 5.97 Å². The van der Waals surface area contributed by atoms with E-state index in [2.05, 4.69) is 5.32 Å². The zero-order valence-electron chi connectivity index (χ0n) is 13.8. The fraction of sp³-hybridized carbons (Fsp3) is 0.333. The molecule has 2 aromatic rings. The number of carbonyl (C=O) groups excluding carboxylic acids is 2. The highest BCUT2D eigenvalue weighted by atomic mass is 35.5. The van der Waals surface area contributed by atoms with Crippen molar-refractivity contribution in [3.05, 3.63) is 58.5 Å². The van der Waals surface area contributed by atoms with E-state index in [1.54, 1.807) is 57.2 Å². The molecule has 0 saturated carbocycles. The van der Waals surface area contributed by atoms with Gasteiger partial charge in [0, 0.05) is 5.02 Å². The first-order valence-corrected chi connectivity index (χ1v) is 8.06. The maximum Gasteiger partial charge on any atom is 0.308 e. The van der Waals surface area contributed by atoms with Crippen LogP contribution in [0.5, 0.6) is 0 Å². The summed E-state index contributed by atoms with van der Waals surface area (Å²) < 4.78 is 10.5. The van der Waals surface area contributed by atoms with Gasteiger partial charge in [0.2, 0.25) is 0 Å². The number of halogens is 1. The number of hydrogen-bond donors (Lipinski definition) is 1. The SMILES string of the molecule is Cc1ccc(C(=O)N[C@@H](CC(=O)OC(C)C)c2ccccc2Cl)o1. The summed E-state index contributed by atoms with van der Waals surface area (Å²) in [5.41, 5.74) is 0.650. The number of esters is 1. The normalized spacial score (nSPS) is 12.0. The van der Waals surface area contributed by atoms with Gasteiger partial charge in [0.15, 0.2) is 5.76 Å². The van der Waals surface area contributed by atoms with Crippen LogP contribution in [-0.2, 0) is 9.53 Å². The highest BCUT2D eigenvalue weighted by Crippen LogP contribution is 2.26. The highest BCUT2D eigenvalue weighted by molar-refractivity contribution is 6.31. The minimum atomic E-state index is -0.608. The number of aryl methyl sites for hydroxylation is 1. The fourth-order valence-electron chi connectivity index (χ4n) is 2.26. The third kappa shape index (κ3) is 4.86. The molecule has 0 spiro atoms. The molecule has 1 N–H and O–H groups in total. The maximum absolute atomic E-state index is 12.4. The van der Waals surface area contributed by atoms with Crippen LogP contribution in [0.25, 0.3) is 0 Å². The van der Waals surface area contributed by atoms with Crippen molar-refractivity contribution in [1.29, 1.82) is 0 Å². The van der Waals surface area contributed by atoms with Crippen molar-refractivity contribution in [1.82, 2.24) is 5.32 Å². The Morgan fingerprint density at radius 1 is 1.21 bits per heavy atom. The quantitative estimate of drug-likeness (QED) is 0.799. The monoisotopic (exact) mass is 349 g/mol. The van der Waals surface area contributed by atoms with Crippen molar-refractivity contribution >= 4 is 23.5 Å². The molecule has 6 heteroatoms. The Bertz CT molecular complexity index is 723. The molecule has 128 valence electrons. The predicted octanol–water partition coefficient (Wildman–Crippen LogP) is 4.05. The molecular formula is C18H20ClNO4. The van der Waals surface area contributed by atoms with Gasteiger partial charge in [-0.05, 0) is 44.5 Å². The summed E-state index contributed by atoms with van der Waals surface area (Å²) in [6, 6.07) is 9.73. The molecule has 2 rings (SSSR count). The van der Waals surface area contributed by atoms with E-state index in [1.807, 2.05) is 0 Å². The van der Waals surface area contributed by atoms with Gasteiger partial charge in [-0.15, -0.1) is 0 Å².